The van der Waals surface area contributed by atoms with E-state index in [9.17, 15) is 6.80 Å². The third kappa shape index (κ3) is 33.4. The van der Waals surface area contributed by atoms with Gasteiger partial charge in [-0.2, -0.15) is 0 Å². The van der Waals surface area contributed by atoms with E-state index >= 15 is 0 Å². The molecule has 45 heavy (non-hydrogen) atoms. The zero-order chi connectivity index (χ0) is 37.4. The first-order chi connectivity index (χ1) is 20.3. The summed E-state index contributed by atoms with van der Waals surface area (Å²) in [6.07, 6.45) is 0. The predicted octanol–water partition coefficient (Wildman–Crippen LogP) is 3.76. The molecule has 0 saturated carbocycles. The molecule has 0 aromatic heterocycles. The minimum absolute atomic E-state index is 0.449. The summed E-state index contributed by atoms with van der Waals surface area (Å²) >= 11 is 33.3. The SMILES string of the molecule is CC(C)N(C([S-])=[SH+])C(C)C.CC(C)N(C([S-])=[SH+])C(C)C.CC(C)N(C([S-])=[SH+])C(C)C.CC(C)N(C([S-])=[SH+])C(C)C.[O]=[Mo][O][Mo]=[O]. The van der Waals surface area contributed by atoms with Gasteiger partial charge in [-0.05, 0) is 111 Å². The van der Waals surface area contributed by atoms with Crippen LogP contribution in [0.1, 0.15) is 111 Å². The van der Waals surface area contributed by atoms with Crippen molar-refractivity contribution in [1.82, 2.24) is 19.6 Å². The van der Waals surface area contributed by atoms with Crippen LogP contribution in [0.4, 0.5) is 0 Å². The Morgan fingerprint density at radius 1 is 0.400 bits per heavy atom. The third-order valence-electron chi connectivity index (χ3n) is 5.39. The van der Waals surface area contributed by atoms with Gasteiger partial charge >= 0.3 is 46.7 Å². The first-order valence-corrected chi connectivity index (χ1v) is 21.3. The average molecular weight is 949 g/mol. The molecule has 0 aliphatic heterocycles. The third-order valence-corrected chi connectivity index (χ3v) is 9.05. The molecule has 7 nitrogen and oxygen atoms in total. The summed E-state index contributed by atoms with van der Waals surface area (Å²) in [7, 11) is 0. The van der Waals surface area contributed by atoms with Crippen molar-refractivity contribution in [3.05, 3.63) is 0 Å². The monoisotopic (exact) mass is 952 g/mol. The number of hydrogen-bond donors (Lipinski definition) is 0. The van der Waals surface area contributed by atoms with Gasteiger partial charge < -0.3 is 50.5 Å². The number of hydrogen-bond acceptors (Lipinski definition) is 7. The van der Waals surface area contributed by atoms with Crippen molar-refractivity contribution in [3.63, 3.8) is 0 Å². The van der Waals surface area contributed by atoms with Crippen LogP contribution in [0, 0.1) is 0 Å². The van der Waals surface area contributed by atoms with Crippen LogP contribution in [0.5, 0.6) is 0 Å². The van der Waals surface area contributed by atoms with Crippen LogP contribution in [0.25, 0.3) is 0 Å². The maximum atomic E-state index is 9.27. The maximum absolute atomic E-state index is 9.27. The minimum atomic E-state index is -1.53. The molecular weight excluding hydrogens is 889 g/mol. The second-order valence-electron chi connectivity index (χ2n) is 11.7. The first-order valence-electron chi connectivity index (χ1n) is 14.6. The first kappa shape index (κ1) is 56.9. The van der Waals surface area contributed by atoms with Crippen molar-refractivity contribution in [1.29, 1.82) is 0 Å². The van der Waals surface area contributed by atoms with Gasteiger partial charge in [-0.3, -0.25) is 0 Å². The topological polar surface area (TPSA) is 56.3 Å². The predicted molar refractivity (Wildman–Crippen MR) is 215 cm³/mol. The van der Waals surface area contributed by atoms with Gasteiger partial charge in [-0.25, -0.2) is 19.6 Å². The van der Waals surface area contributed by atoms with Crippen LogP contribution >= 0.6 is 0 Å². The van der Waals surface area contributed by atoms with E-state index in [1.807, 2.05) is 0 Å². The molecule has 0 aromatic rings. The van der Waals surface area contributed by atoms with Crippen molar-refractivity contribution >= 4 is 117 Å². The molecule has 0 bridgehead atoms. The van der Waals surface area contributed by atoms with Crippen LogP contribution < -0.4 is 0 Å². The molecular formula is C28H60Mo2N4O3S8. The van der Waals surface area contributed by atoms with Gasteiger partial charge in [0.25, 0.3) is 0 Å². The van der Waals surface area contributed by atoms with E-state index in [4.69, 9.17) is 50.5 Å². The van der Waals surface area contributed by atoms with E-state index in [0.29, 0.717) is 65.6 Å². The van der Waals surface area contributed by atoms with Gasteiger partial charge in [0, 0.05) is 48.3 Å². The second kappa shape index (κ2) is 33.7. The fourth-order valence-electron chi connectivity index (χ4n) is 4.16. The molecule has 270 valence electrons. The van der Waals surface area contributed by atoms with E-state index < -0.39 is 37.8 Å². The van der Waals surface area contributed by atoms with E-state index in [1.165, 1.54) is 0 Å². The molecule has 0 radical (unpaired) electrons. The van der Waals surface area contributed by atoms with Crippen molar-refractivity contribution in [2.45, 2.75) is 159 Å². The van der Waals surface area contributed by atoms with Crippen molar-refractivity contribution in [3.8, 4) is 0 Å². The molecule has 17 heteroatoms. The Morgan fingerprint density at radius 2 is 0.511 bits per heavy atom. The van der Waals surface area contributed by atoms with Crippen LogP contribution in [-0.2, 0) is 146 Å². The summed E-state index contributed by atoms with van der Waals surface area (Å²) in [6.45, 7) is 33.8. The Kier molecular flexibility index (Phi) is 42.6. The summed E-state index contributed by atoms with van der Waals surface area (Å²) in [5.41, 5.74) is 0. The molecule has 0 aliphatic rings. The van der Waals surface area contributed by atoms with Gasteiger partial charge in [0.2, 0.25) is 0 Å². The molecule has 0 aliphatic carbocycles. The summed E-state index contributed by atoms with van der Waals surface area (Å²) in [4.78, 5) is 8.38. The number of rotatable bonds is 10. The molecule has 0 amide bonds. The van der Waals surface area contributed by atoms with Crippen molar-refractivity contribution < 1.29 is 46.7 Å². The second-order valence-corrected chi connectivity index (χ2v) is 19.1. The fourth-order valence-corrected chi connectivity index (χ4v) is 8.08. The fraction of sp³-hybridized carbons (Fsp3) is 0.857. The van der Waals surface area contributed by atoms with Crippen LogP contribution in [-0.4, -0.2) is 85.2 Å². The summed E-state index contributed by atoms with van der Waals surface area (Å²) in [6, 6.07) is 3.59. The van der Waals surface area contributed by atoms with Gasteiger partial charge in [0.05, 0.1) is 0 Å². The molecule has 0 atom stereocenters. The van der Waals surface area contributed by atoms with Crippen molar-refractivity contribution in [2.24, 2.45) is 0 Å². The summed E-state index contributed by atoms with van der Waals surface area (Å²) in [5.74, 6) is 0. The van der Waals surface area contributed by atoms with Crippen LogP contribution in [0.3, 0.4) is 0 Å². The van der Waals surface area contributed by atoms with Gasteiger partial charge in [0.15, 0.2) is 0 Å². The molecule has 0 heterocycles. The average Bonchev–Trinajstić information content (AvgIpc) is 2.77. The van der Waals surface area contributed by atoms with E-state index in [1.54, 1.807) is 0 Å². The zero-order valence-electron chi connectivity index (χ0n) is 29.9. The number of nitrogens with zero attached hydrogens (tertiary/aromatic N) is 4. The molecule has 0 N–H and O–H groups in total. The van der Waals surface area contributed by atoms with Gasteiger partial charge in [-0.15, -0.1) is 0 Å². The Labute approximate surface area is 338 Å². The van der Waals surface area contributed by atoms with Crippen LogP contribution in [0.15, 0.2) is 0 Å². The Morgan fingerprint density at radius 3 is 0.511 bits per heavy atom. The summed E-state index contributed by atoms with van der Waals surface area (Å²) < 4.78 is 25.3. The Balaban J connectivity index is -0.000000150. The zero-order valence-corrected chi connectivity index (χ0v) is 40.7. The van der Waals surface area contributed by atoms with Crippen molar-refractivity contribution in [2.75, 3.05) is 0 Å². The molecule has 0 fully saturated rings. The van der Waals surface area contributed by atoms with Crippen LogP contribution in [0.2, 0.25) is 0 Å². The Bertz CT molecular complexity index is 693. The molecule has 0 spiro atoms. The van der Waals surface area contributed by atoms with Gasteiger partial charge in [-0.1, -0.05) is 0 Å². The van der Waals surface area contributed by atoms with E-state index in [2.05, 4.69) is 181 Å². The molecule has 0 aromatic carbocycles. The Hall–Kier alpha value is 2.54. The molecule has 0 saturated heterocycles. The van der Waals surface area contributed by atoms with E-state index in [0.717, 1.165) is 0 Å². The molecule has 0 rings (SSSR count). The molecule has 0 unspecified atom stereocenters. The summed E-state index contributed by atoms with van der Waals surface area (Å²) in [5, 5.41) is 0. The quantitative estimate of drug-likeness (QED) is 0.106. The van der Waals surface area contributed by atoms with E-state index in [-0.39, 0.29) is 0 Å². The normalized spacial score (nSPS) is 11.0. The van der Waals surface area contributed by atoms with Gasteiger partial charge in [0.1, 0.15) is 66.2 Å². The number of thiol groups is 4. The standard InChI is InChI=1S/4C7H15NS2.2Mo.3O/c4*1-5(2)8(6(3)4)7(9)10;;;;;/h4*5-6H,1-4H3,(H,9,10);;;;;.